The van der Waals surface area contributed by atoms with Crippen LogP contribution in [0.25, 0.3) is 0 Å². The summed E-state index contributed by atoms with van der Waals surface area (Å²) in [6.07, 6.45) is 1.35. The van der Waals surface area contributed by atoms with Gasteiger partial charge in [0.1, 0.15) is 24.8 Å². The minimum atomic E-state index is -0.441. The van der Waals surface area contributed by atoms with Gasteiger partial charge in [-0.1, -0.05) is 0 Å². The largest absolute Gasteiger partial charge is 0.366 e. The van der Waals surface area contributed by atoms with E-state index >= 15 is 0 Å². The quantitative estimate of drug-likeness (QED) is 0.754. The maximum Gasteiger partial charge on any atom is 0.252 e. The van der Waals surface area contributed by atoms with Crippen LogP contribution in [0.4, 0.5) is 10.1 Å². The molecule has 1 aliphatic rings. The molecule has 0 saturated carbocycles. The summed E-state index contributed by atoms with van der Waals surface area (Å²) in [6, 6.07) is 6.26. The number of Topliss-reactive ketones (excluding diaryl/α,β-unsaturated/α-hetero) is 1. The van der Waals surface area contributed by atoms with Crippen LogP contribution in [0, 0.1) is 17.1 Å². The predicted octanol–water partition coefficient (Wildman–Crippen LogP) is 0.840. The first-order chi connectivity index (χ1) is 12.5. The molecule has 1 aromatic heterocycles. The van der Waals surface area contributed by atoms with Crippen LogP contribution in [0.2, 0.25) is 0 Å². The molecule has 2 aromatic rings. The summed E-state index contributed by atoms with van der Waals surface area (Å²) in [7, 11) is 0. The molecule has 0 atom stereocenters. The number of nitriles is 1. The van der Waals surface area contributed by atoms with Crippen molar-refractivity contribution in [3.05, 3.63) is 41.7 Å². The number of nitrogens with zero attached hydrogens (tertiary/aromatic N) is 6. The molecule has 3 rings (SSSR count). The van der Waals surface area contributed by atoms with Crippen molar-refractivity contribution < 1.29 is 14.0 Å². The summed E-state index contributed by atoms with van der Waals surface area (Å²) >= 11 is 0. The summed E-state index contributed by atoms with van der Waals surface area (Å²) in [5, 5.41) is 12.6. The Bertz CT molecular complexity index is 880. The third kappa shape index (κ3) is 3.69. The zero-order valence-corrected chi connectivity index (χ0v) is 14.2. The second kappa shape index (κ2) is 7.31. The van der Waals surface area contributed by atoms with E-state index in [1.807, 2.05) is 11.0 Å². The van der Waals surface area contributed by atoms with Gasteiger partial charge in [-0.3, -0.25) is 9.59 Å². The number of rotatable bonds is 4. The Morgan fingerprint density at radius 3 is 2.58 bits per heavy atom. The van der Waals surface area contributed by atoms with Gasteiger partial charge in [0.05, 0.1) is 5.69 Å². The topological polar surface area (TPSA) is 95.1 Å². The fraction of sp³-hybridized carbons (Fsp3) is 0.353. The molecule has 0 bridgehead atoms. The molecule has 2 heterocycles. The molecule has 1 aliphatic heterocycles. The Morgan fingerprint density at radius 1 is 1.27 bits per heavy atom. The lowest BCUT2D eigenvalue weighted by Gasteiger charge is -2.36. The number of amides is 1. The Balaban J connectivity index is 1.59. The maximum absolute atomic E-state index is 14.3. The summed E-state index contributed by atoms with van der Waals surface area (Å²) in [5.74, 6) is -0.735. The average Bonchev–Trinajstić information content (AvgIpc) is 3.09. The molecule has 0 N–H and O–H groups in total. The molecule has 9 heteroatoms. The van der Waals surface area contributed by atoms with E-state index in [2.05, 4.69) is 10.1 Å². The lowest BCUT2D eigenvalue weighted by Crippen LogP contribution is -2.49. The fourth-order valence-corrected chi connectivity index (χ4v) is 2.84. The van der Waals surface area contributed by atoms with Crippen molar-refractivity contribution in [2.75, 3.05) is 31.1 Å². The molecule has 8 nitrogen and oxygen atoms in total. The molecule has 1 aromatic carbocycles. The average molecular weight is 356 g/mol. The number of aromatic nitrogens is 3. The molecule has 0 spiro atoms. The van der Waals surface area contributed by atoms with Gasteiger partial charge in [-0.15, -0.1) is 5.10 Å². The number of halogens is 1. The standard InChI is InChI=1S/C17H17FN6O2/c1-12(25)13-2-3-15(14(18)8-13)22-4-6-23(7-5-22)17(26)10-24-11-20-16(9-19)21-24/h2-3,8,11H,4-7,10H2,1H3. The third-order valence-electron chi connectivity index (χ3n) is 4.26. The van der Waals surface area contributed by atoms with Crippen LogP contribution in [0.15, 0.2) is 24.5 Å². The van der Waals surface area contributed by atoms with Gasteiger partial charge in [0.2, 0.25) is 5.91 Å². The van der Waals surface area contributed by atoms with Gasteiger partial charge in [-0.2, -0.15) is 5.26 Å². The van der Waals surface area contributed by atoms with Crippen molar-refractivity contribution in [3.63, 3.8) is 0 Å². The van der Waals surface area contributed by atoms with Crippen molar-refractivity contribution in [2.24, 2.45) is 0 Å². The van der Waals surface area contributed by atoms with Gasteiger partial charge < -0.3 is 9.80 Å². The number of hydrogen-bond acceptors (Lipinski definition) is 6. The third-order valence-corrected chi connectivity index (χ3v) is 4.26. The lowest BCUT2D eigenvalue weighted by atomic mass is 10.1. The van der Waals surface area contributed by atoms with Crippen molar-refractivity contribution in [2.45, 2.75) is 13.5 Å². The normalized spacial score (nSPS) is 14.2. The minimum Gasteiger partial charge on any atom is -0.366 e. The van der Waals surface area contributed by atoms with Crippen molar-refractivity contribution in [1.82, 2.24) is 19.7 Å². The molecule has 0 aliphatic carbocycles. The van der Waals surface area contributed by atoms with E-state index in [9.17, 15) is 14.0 Å². The molecule has 1 fully saturated rings. The first-order valence-electron chi connectivity index (χ1n) is 8.10. The molecular formula is C17H17FN6O2. The number of piperazine rings is 1. The van der Waals surface area contributed by atoms with Crippen molar-refractivity contribution in [3.8, 4) is 6.07 Å². The van der Waals surface area contributed by atoms with Gasteiger partial charge in [0.25, 0.3) is 5.82 Å². The van der Waals surface area contributed by atoms with Crippen LogP contribution in [-0.4, -0.2) is 57.5 Å². The van der Waals surface area contributed by atoms with E-state index in [0.29, 0.717) is 37.4 Å². The Hall–Kier alpha value is -3.28. The van der Waals surface area contributed by atoms with Crippen molar-refractivity contribution in [1.29, 1.82) is 5.26 Å². The zero-order valence-electron chi connectivity index (χ0n) is 14.2. The smallest absolute Gasteiger partial charge is 0.252 e. The van der Waals surface area contributed by atoms with Crippen LogP contribution in [0.1, 0.15) is 23.1 Å². The predicted molar refractivity (Wildman–Crippen MR) is 89.9 cm³/mol. The SMILES string of the molecule is CC(=O)c1ccc(N2CCN(C(=O)Cn3cnc(C#N)n3)CC2)c(F)c1. The van der Waals surface area contributed by atoms with Crippen LogP contribution in [0.5, 0.6) is 0 Å². The number of benzene rings is 1. The number of carbonyl (C=O) groups excluding carboxylic acids is 2. The van der Waals surface area contributed by atoms with Gasteiger partial charge in [0, 0.05) is 31.7 Å². The fourth-order valence-electron chi connectivity index (χ4n) is 2.84. The van der Waals surface area contributed by atoms with Crippen LogP contribution < -0.4 is 4.90 Å². The van der Waals surface area contributed by atoms with Crippen LogP contribution >= 0.6 is 0 Å². The molecule has 134 valence electrons. The molecule has 0 unspecified atom stereocenters. The summed E-state index contributed by atoms with van der Waals surface area (Å²) in [5.41, 5.74) is 0.765. The van der Waals surface area contributed by atoms with E-state index < -0.39 is 5.82 Å². The van der Waals surface area contributed by atoms with Gasteiger partial charge >= 0.3 is 0 Å². The highest BCUT2D eigenvalue weighted by Gasteiger charge is 2.23. The Kier molecular flexibility index (Phi) is 4.93. The molecule has 1 saturated heterocycles. The monoisotopic (exact) mass is 356 g/mol. The minimum absolute atomic E-state index is 0.0103. The summed E-state index contributed by atoms with van der Waals surface area (Å²) in [4.78, 5) is 30.9. The first kappa shape index (κ1) is 17.5. The second-order valence-corrected chi connectivity index (χ2v) is 5.97. The van der Waals surface area contributed by atoms with E-state index in [-0.39, 0.29) is 24.1 Å². The second-order valence-electron chi connectivity index (χ2n) is 5.97. The highest BCUT2D eigenvalue weighted by atomic mass is 19.1. The van der Waals surface area contributed by atoms with Crippen molar-refractivity contribution >= 4 is 17.4 Å². The summed E-state index contributed by atoms with van der Waals surface area (Å²) < 4.78 is 15.6. The summed E-state index contributed by atoms with van der Waals surface area (Å²) in [6.45, 7) is 3.29. The van der Waals surface area contributed by atoms with E-state index in [1.54, 1.807) is 17.0 Å². The number of carbonyl (C=O) groups is 2. The maximum atomic E-state index is 14.3. The van der Waals surface area contributed by atoms with Gasteiger partial charge in [0.15, 0.2) is 5.78 Å². The number of ketones is 1. The highest BCUT2D eigenvalue weighted by molar-refractivity contribution is 5.94. The molecule has 26 heavy (non-hydrogen) atoms. The molecule has 1 amide bonds. The van der Waals surface area contributed by atoms with Gasteiger partial charge in [-0.25, -0.2) is 14.1 Å². The Morgan fingerprint density at radius 2 is 2.00 bits per heavy atom. The molecular weight excluding hydrogens is 339 g/mol. The van der Waals surface area contributed by atoms with E-state index in [1.165, 1.54) is 24.0 Å². The zero-order chi connectivity index (χ0) is 18.7. The number of hydrogen-bond donors (Lipinski definition) is 0. The lowest BCUT2D eigenvalue weighted by molar-refractivity contribution is -0.132. The van der Waals surface area contributed by atoms with Crippen LogP contribution in [-0.2, 0) is 11.3 Å². The highest BCUT2D eigenvalue weighted by Crippen LogP contribution is 2.22. The van der Waals surface area contributed by atoms with Crippen LogP contribution in [0.3, 0.4) is 0 Å². The Labute approximate surface area is 149 Å². The van der Waals surface area contributed by atoms with E-state index in [0.717, 1.165) is 0 Å². The van der Waals surface area contributed by atoms with Gasteiger partial charge in [-0.05, 0) is 25.1 Å². The first-order valence-corrected chi connectivity index (χ1v) is 8.10. The van der Waals surface area contributed by atoms with E-state index in [4.69, 9.17) is 5.26 Å². The number of anilines is 1. The molecule has 0 radical (unpaired) electrons.